The van der Waals surface area contributed by atoms with Gasteiger partial charge in [-0.2, -0.15) is 0 Å². The minimum Gasteiger partial charge on any atom is -0.396 e. The lowest BCUT2D eigenvalue weighted by molar-refractivity contribution is 0.200. The van der Waals surface area contributed by atoms with Gasteiger partial charge < -0.3 is 10.4 Å². The van der Waals surface area contributed by atoms with Gasteiger partial charge in [-0.25, -0.2) is 0 Å². The highest BCUT2D eigenvalue weighted by atomic mass is 16.3. The van der Waals surface area contributed by atoms with Crippen molar-refractivity contribution >= 4 is 0 Å². The van der Waals surface area contributed by atoms with E-state index in [1.807, 2.05) is 0 Å². The van der Waals surface area contributed by atoms with Crippen LogP contribution in [-0.4, -0.2) is 24.8 Å². The molecule has 0 saturated carbocycles. The lowest BCUT2D eigenvalue weighted by Crippen LogP contribution is -2.32. The number of rotatable bonds is 3. The van der Waals surface area contributed by atoms with Crippen molar-refractivity contribution in [2.24, 2.45) is 5.92 Å². The molecule has 19 heavy (non-hydrogen) atoms. The van der Waals surface area contributed by atoms with Crippen LogP contribution in [0.4, 0.5) is 0 Å². The highest BCUT2D eigenvalue weighted by molar-refractivity contribution is 5.46. The molecular weight excluding hydrogens is 234 g/mol. The number of piperidine rings is 1. The summed E-state index contributed by atoms with van der Waals surface area (Å²) in [4.78, 5) is 0. The first kappa shape index (κ1) is 14.5. The first-order chi connectivity index (χ1) is 9.06. The summed E-state index contributed by atoms with van der Waals surface area (Å²) in [6, 6.07) is 2.27. The molecule has 2 N–H and O–H groups in total. The maximum absolute atomic E-state index is 9.94. The molecule has 0 aromatic heterocycles. The Balaban J connectivity index is 2.42. The predicted octanol–water partition coefficient (Wildman–Crippen LogP) is 3.00. The highest BCUT2D eigenvalue weighted by Crippen LogP contribution is 2.36. The van der Waals surface area contributed by atoms with Crippen LogP contribution in [0.1, 0.15) is 46.6 Å². The number of hydrogen-bond donors (Lipinski definition) is 2. The second-order valence-corrected chi connectivity index (χ2v) is 6.05. The number of benzene rings is 1. The largest absolute Gasteiger partial charge is 0.396 e. The summed E-state index contributed by atoms with van der Waals surface area (Å²) in [6.07, 6.45) is 2.36. The molecule has 1 aromatic carbocycles. The van der Waals surface area contributed by atoms with Crippen molar-refractivity contribution in [3.05, 3.63) is 33.9 Å². The van der Waals surface area contributed by atoms with Crippen molar-refractivity contribution in [3.63, 3.8) is 0 Å². The third-order valence-electron chi connectivity index (χ3n) is 4.94. The number of nitrogens with one attached hydrogen (secondary N) is 1. The first-order valence-corrected chi connectivity index (χ1v) is 7.45. The molecule has 0 amide bonds. The number of hydrogen-bond acceptors (Lipinski definition) is 2. The Morgan fingerprint density at radius 3 is 2.11 bits per heavy atom. The topological polar surface area (TPSA) is 32.3 Å². The third-order valence-corrected chi connectivity index (χ3v) is 4.94. The first-order valence-electron chi connectivity index (χ1n) is 7.45. The van der Waals surface area contributed by atoms with Gasteiger partial charge in [0.25, 0.3) is 0 Å². The van der Waals surface area contributed by atoms with Gasteiger partial charge in [0, 0.05) is 5.92 Å². The van der Waals surface area contributed by atoms with E-state index in [1.54, 1.807) is 0 Å². The van der Waals surface area contributed by atoms with E-state index in [2.05, 4.69) is 39.1 Å². The van der Waals surface area contributed by atoms with Gasteiger partial charge in [-0.15, -0.1) is 0 Å². The van der Waals surface area contributed by atoms with Gasteiger partial charge in [0.1, 0.15) is 0 Å². The van der Waals surface area contributed by atoms with Gasteiger partial charge in [-0.1, -0.05) is 6.07 Å². The van der Waals surface area contributed by atoms with Gasteiger partial charge in [0.2, 0.25) is 0 Å². The van der Waals surface area contributed by atoms with E-state index >= 15 is 0 Å². The Morgan fingerprint density at radius 1 is 1.11 bits per heavy atom. The summed E-state index contributed by atoms with van der Waals surface area (Å²) >= 11 is 0. The SMILES string of the molecule is Cc1cc(C)c(C)c(C(CO)C2CCNCC2)c1C. The minimum absolute atomic E-state index is 0.273. The molecule has 0 bridgehead atoms. The fraction of sp³-hybridized carbons (Fsp3) is 0.647. The molecule has 1 aliphatic rings. The van der Waals surface area contributed by atoms with Gasteiger partial charge >= 0.3 is 0 Å². The van der Waals surface area contributed by atoms with Gasteiger partial charge in [0.05, 0.1) is 6.61 Å². The lowest BCUT2D eigenvalue weighted by atomic mass is 9.76. The van der Waals surface area contributed by atoms with Crippen LogP contribution >= 0.6 is 0 Å². The summed E-state index contributed by atoms with van der Waals surface area (Å²) in [5.74, 6) is 0.922. The number of aliphatic hydroxyl groups excluding tert-OH is 1. The predicted molar refractivity (Wildman–Crippen MR) is 80.8 cm³/mol. The van der Waals surface area contributed by atoms with Crippen LogP contribution in [0.25, 0.3) is 0 Å². The van der Waals surface area contributed by atoms with E-state index in [-0.39, 0.29) is 6.61 Å². The average Bonchev–Trinajstić information content (AvgIpc) is 2.42. The lowest BCUT2D eigenvalue weighted by Gasteiger charge is -2.32. The van der Waals surface area contributed by atoms with E-state index in [0.29, 0.717) is 11.8 Å². The molecule has 1 fully saturated rings. The molecular formula is C17H27NO. The fourth-order valence-corrected chi connectivity index (χ4v) is 3.53. The van der Waals surface area contributed by atoms with Gasteiger partial charge in [-0.3, -0.25) is 0 Å². The summed E-state index contributed by atoms with van der Waals surface area (Å²) in [7, 11) is 0. The molecule has 1 saturated heterocycles. The molecule has 1 aliphatic heterocycles. The number of aryl methyl sites for hydroxylation is 2. The Hall–Kier alpha value is -0.860. The molecule has 106 valence electrons. The fourth-order valence-electron chi connectivity index (χ4n) is 3.53. The third kappa shape index (κ3) is 2.85. The summed E-state index contributed by atoms with van der Waals surface area (Å²) < 4.78 is 0. The van der Waals surface area contributed by atoms with Crippen molar-refractivity contribution in [2.75, 3.05) is 19.7 Å². The second-order valence-electron chi connectivity index (χ2n) is 6.05. The van der Waals surface area contributed by atoms with E-state index in [1.165, 1.54) is 40.7 Å². The van der Waals surface area contributed by atoms with E-state index < -0.39 is 0 Å². The van der Waals surface area contributed by atoms with Crippen molar-refractivity contribution in [1.82, 2.24) is 5.32 Å². The van der Waals surface area contributed by atoms with Gasteiger partial charge in [0.15, 0.2) is 0 Å². The van der Waals surface area contributed by atoms with Gasteiger partial charge in [-0.05, 0) is 87.4 Å². The van der Waals surface area contributed by atoms with Crippen LogP contribution in [0.3, 0.4) is 0 Å². The van der Waals surface area contributed by atoms with Crippen LogP contribution in [0.5, 0.6) is 0 Å². The number of aliphatic hydroxyl groups is 1. The van der Waals surface area contributed by atoms with Crippen LogP contribution in [0.2, 0.25) is 0 Å². The Labute approximate surface area is 117 Å². The molecule has 2 rings (SSSR count). The van der Waals surface area contributed by atoms with E-state index in [9.17, 15) is 5.11 Å². The highest BCUT2D eigenvalue weighted by Gasteiger charge is 2.27. The Morgan fingerprint density at radius 2 is 1.63 bits per heavy atom. The smallest absolute Gasteiger partial charge is 0.0502 e. The van der Waals surface area contributed by atoms with Crippen molar-refractivity contribution < 1.29 is 5.11 Å². The zero-order chi connectivity index (χ0) is 14.0. The molecule has 2 heteroatoms. The van der Waals surface area contributed by atoms with Crippen LogP contribution < -0.4 is 5.32 Å². The molecule has 1 aromatic rings. The van der Waals surface area contributed by atoms with Crippen molar-refractivity contribution in [1.29, 1.82) is 0 Å². The zero-order valence-corrected chi connectivity index (χ0v) is 12.7. The maximum Gasteiger partial charge on any atom is 0.0502 e. The second kappa shape index (κ2) is 6.06. The molecule has 0 aliphatic carbocycles. The molecule has 1 heterocycles. The minimum atomic E-state index is 0.273. The Bertz CT molecular complexity index is 421. The summed E-state index contributed by atoms with van der Waals surface area (Å²) in [5, 5.41) is 13.4. The normalized spacial score (nSPS) is 18.6. The van der Waals surface area contributed by atoms with Crippen molar-refractivity contribution in [2.45, 2.75) is 46.5 Å². The molecule has 0 spiro atoms. The van der Waals surface area contributed by atoms with E-state index in [4.69, 9.17) is 0 Å². The quantitative estimate of drug-likeness (QED) is 0.876. The molecule has 0 radical (unpaired) electrons. The molecule has 1 unspecified atom stereocenters. The zero-order valence-electron chi connectivity index (χ0n) is 12.7. The summed E-state index contributed by atoms with van der Waals surface area (Å²) in [6.45, 7) is 11.2. The van der Waals surface area contributed by atoms with Crippen LogP contribution in [0.15, 0.2) is 6.07 Å². The maximum atomic E-state index is 9.94. The Kier molecular flexibility index (Phi) is 4.64. The van der Waals surface area contributed by atoms with Crippen LogP contribution in [-0.2, 0) is 0 Å². The standard InChI is InChI=1S/C17H27NO/c1-11-9-12(2)14(4)17(13(11)3)16(10-19)15-5-7-18-8-6-15/h9,15-16,18-19H,5-8,10H2,1-4H3. The average molecular weight is 261 g/mol. The monoisotopic (exact) mass is 261 g/mol. The van der Waals surface area contributed by atoms with Crippen molar-refractivity contribution in [3.8, 4) is 0 Å². The molecule has 1 atom stereocenters. The molecule has 2 nitrogen and oxygen atoms in total. The summed E-state index contributed by atoms with van der Waals surface area (Å²) in [5.41, 5.74) is 6.87. The van der Waals surface area contributed by atoms with Crippen LogP contribution in [0, 0.1) is 33.6 Å². The van der Waals surface area contributed by atoms with E-state index in [0.717, 1.165) is 13.1 Å².